The Balaban J connectivity index is 2.59. The molecule has 1 rings (SSSR count). The lowest BCUT2D eigenvalue weighted by molar-refractivity contribution is -0.124. The molecule has 6 nitrogen and oxygen atoms in total. The van der Waals surface area contributed by atoms with Crippen molar-refractivity contribution >= 4 is 5.91 Å². The van der Waals surface area contributed by atoms with E-state index in [1.54, 1.807) is 17.8 Å². The van der Waals surface area contributed by atoms with E-state index in [0.717, 1.165) is 5.69 Å². The standard InChI is InChI=1S/C11H20N4O2/c1-8(2)12-11(17)9(3)15-7-10(13-14-15)5-4-6-16/h7-9,16H,4-6H2,1-3H3,(H,12,17). The summed E-state index contributed by atoms with van der Waals surface area (Å²) in [6.07, 6.45) is 3.08. The number of rotatable bonds is 6. The summed E-state index contributed by atoms with van der Waals surface area (Å²) in [6.45, 7) is 5.75. The SMILES string of the molecule is CC(C)NC(=O)C(C)n1cc(CCCO)nn1. The number of carbonyl (C=O) groups excluding carboxylic acids is 1. The van der Waals surface area contributed by atoms with E-state index in [9.17, 15) is 4.79 Å². The molecule has 1 atom stereocenters. The lowest BCUT2D eigenvalue weighted by Gasteiger charge is -2.13. The highest BCUT2D eigenvalue weighted by atomic mass is 16.2. The number of hydrogen-bond acceptors (Lipinski definition) is 4. The number of nitrogens with zero attached hydrogens (tertiary/aromatic N) is 3. The van der Waals surface area contributed by atoms with Crippen molar-refractivity contribution < 1.29 is 9.90 Å². The molecule has 0 saturated heterocycles. The minimum atomic E-state index is -0.368. The van der Waals surface area contributed by atoms with Crippen LogP contribution in [0.1, 0.15) is 38.9 Å². The Labute approximate surface area is 101 Å². The van der Waals surface area contributed by atoms with Gasteiger partial charge in [-0.05, 0) is 33.6 Å². The zero-order valence-electron chi connectivity index (χ0n) is 10.6. The summed E-state index contributed by atoms with van der Waals surface area (Å²) in [7, 11) is 0. The van der Waals surface area contributed by atoms with Gasteiger partial charge in [-0.3, -0.25) is 4.79 Å². The van der Waals surface area contributed by atoms with Crippen LogP contribution in [0, 0.1) is 0 Å². The first kappa shape index (κ1) is 13.6. The van der Waals surface area contributed by atoms with Gasteiger partial charge in [0.25, 0.3) is 0 Å². The molecule has 0 radical (unpaired) electrons. The van der Waals surface area contributed by atoms with Gasteiger partial charge in [-0.15, -0.1) is 5.10 Å². The van der Waals surface area contributed by atoms with Gasteiger partial charge in [0.1, 0.15) is 6.04 Å². The van der Waals surface area contributed by atoms with Crippen LogP contribution in [0.4, 0.5) is 0 Å². The zero-order valence-corrected chi connectivity index (χ0v) is 10.6. The van der Waals surface area contributed by atoms with Gasteiger partial charge in [-0.25, -0.2) is 4.68 Å². The average Bonchev–Trinajstić information content (AvgIpc) is 2.72. The van der Waals surface area contributed by atoms with Crippen molar-refractivity contribution in [2.24, 2.45) is 0 Å². The molecule has 1 aromatic heterocycles. The number of aliphatic hydroxyl groups is 1. The molecule has 1 aromatic rings. The van der Waals surface area contributed by atoms with Crippen molar-refractivity contribution in [2.45, 2.75) is 45.7 Å². The Bertz CT molecular complexity index is 362. The third kappa shape index (κ3) is 4.14. The van der Waals surface area contributed by atoms with Crippen LogP contribution in [0.5, 0.6) is 0 Å². The molecule has 0 aromatic carbocycles. The van der Waals surface area contributed by atoms with E-state index in [1.165, 1.54) is 0 Å². The van der Waals surface area contributed by atoms with Crippen LogP contribution in [-0.4, -0.2) is 38.7 Å². The minimum absolute atomic E-state index is 0.0707. The number of amides is 1. The molecule has 0 fully saturated rings. The van der Waals surface area contributed by atoms with Gasteiger partial charge in [0.05, 0.1) is 5.69 Å². The first-order valence-corrected chi connectivity index (χ1v) is 5.86. The van der Waals surface area contributed by atoms with Gasteiger partial charge in [-0.1, -0.05) is 5.21 Å². The first-order valence-electron chi connectivity index (χ1n) is 5.86. The first-order chi connectivity index (χ1) is 8.04. The summed E-state index contributed by atoms with van der Waals surface area (Å²) in [5.74, 6) is -0.0707. The molecule has 2 N–H and O–H groups in total. The molecule has 1 amide bonds. The van der Waals surface area contributed by atoms with Crippen molar-refractivity contribution in [2.75, 3.05) is 6.61 Å². The number of nitrogens with one attached hydrogen (secondary N) is 1. The molecule has 6 heteroatoms. The highest BCUT2D eigenvalue weighted by molar-refractivity contribution is 5.79. The van der Waals surface area contributed by atoms with Gasteiger partial charge in [-0.2, -0.15) is 0 Å². The quantitative estimate of drug-likeness (QED) is 0.749. The third-order valence-corrected chi connectivity index (χ3v) is 2.36. The second-order valence-corrected chi connectivity index (χ2v) is 4.36. The maximum absolute atomic E-state index is 11.7. The summed E-state index contributed by atoms with van der Waals surface area (Å²) in [4.78, 5) is 11.7. The number of aliphatic hydroxyl groups excluding tert-OH is 1. The van der Waals surface area contributed by atoms with Crippen molar-refractivity contribution in [1.82, 2.24) is 20.3 Å². The topological polar surface area (TPSA) is 80.0 Å². The number of carbonyl (C=O) groups is 1. The molecule has 0 aliphatic rings. The summed E-state index contributed by atoms with van der Waals surface area (Å²) in [5.41, 5.74) is 0.795. The summed E-state index contributed by atoms with van der Waals surface area (Å²) in [6, 6.07) is -0.255. The molecule has 1 heterocycles. The van der Waals surface area contributed by atoms with Crippen LogP contribution in [0.25, 0.3) is 0 Å². The molecule has 0 aliphatic carbocycles. The Morgan fingerprint density at radius 3 is 2.82 bits per heavy atom. The number of hydrogen-bond donors (Lipinski definition) is 2. The second-order valence-electron chi connectivity index (χ2n) is 4.36. The van der Waals surface area contributed by atoms with Crippen molar-refractivity contribution in [3.63, 3.8) is 0 Å². The highest BCUT2D eigenvalue weighted by Crippen LogP contribution is 2.06. The van der Waals surface area contributed by atoms with Gasteiger partial charge in [0.2, 0.25) is 5.91 Å². The van der Waals surface area contributed by atoms with E-state index in [1.807, 2.05) is 13.8 Å². The minimum Gasteiger partial charge on any atom is -0.396 e. The molecule has 96 valence electrons. The zero-order chi connectivity index (χ0) is 12.8. The molecule has 1 unspecified atom stereocenters. The Kier molecular flexibility index (Phi) is 5.09. The third-order valence-electron chi connectivity index (χ3n) is 2.36. The largest absolute Gasteiger partial charge is 0.396 e. The van der Waals surface area contributed by atoms with E-state index in [4.69, 9.17) is 5.11 Å². The van der Waals surface area contributed by atoms with E-state index in [-0.39, 0.29) is 24.6 Å². The lowest BCUT2D eigenvalue weighted by Crippen LogP contribution is -2.35. The smallest absolute Gasteiger partial charge is 0.244 e. The Morgan fingerprint density at radius 2 is 2.24 bits per heavy atom. The van der Waals surface area contributed by atoms with Gasteiger partial charge in [0.15, 0.2) is 0 Å². The predicted octanol–water partition coefficient (Wildman–Crippen LogP) is 0.289. The summed E-state index contributed by atoms with van der Waals surface area (Å²) in [5, 5.41) is 19.4. The number of aryl methyl sites for hydroxylation is 1. The van der Waals surface area contributed by atoms with Crippen molar-refractivity contribution in [1.29, 1.82) is 0 Å². The van der Waals surface area contributed by atoms with Gasteiger partial charge >= 0.3 is 0 Å². The molecule has 0 saturated carbocycles. The van der Waals surface area contributed by atoms with Crippen molar-refractivity contribution in [3.8, 4) is 0 Å². The lowest BCUT2D eigenvalue weighted by atomic mass is 10.2. The van der Waals surface area contributed by atoms with Gasteiger partial charge in [0, 0.05) is 18.8 Å². The summed E-state index contributed by atoms with van der Waals surface area (Å²) >= 11 is 0. The van der Waals surface area contributed by atoms with Gasteiger partial charge < -0.3 is 10.4 Å². The van der Waals surface area contributed by atoms with Crippen LogP contribution < -0.4 is 5.32 Å². The van der Waals surface area contributed by atoms with E-state index in [2.05, 4.69) is 15.6 Å². The normalized spacial score (nSPS) is 12.8. The second kappa shape index (κ2) is 6.34. The fourth-order valence-electron chi connectivity index (χ4n) is 1.40. The van der Waals surface area contributed by atoms with E-state index >= 15 is 0 Å². The van der Waals surface area contributed by atoms with Crippen LogP contribution in [0.3, 0.4) is 0 Å². The fraction of sp³-hybridized carbons (Fsp3) is 0.727. The number of aromatic nitrogens is 3. The van der Waals surface area contributed by atoms with Crippen LogP contribution >= 0.6 is 0 Å². The van der Waals surface area contributed by atoms with Crippen LogP contribution in [0.2, 0.25) is 0 Å². The Hall–Kier alpha value is -1.43. The maximum Gasteiger partial charge on any atom is 0.244 e. The van der Waals surface area contributed by atoms with Crippen LogP contribution in [0.15, 0.2) is 6.20 Å². The highest BCUT2D eigenvalue weighted by Gasteiger charge is 2.16. The molecule has 0 spiro atoms. The fourth-order valence-corrected chi connectivity index (χ4v) is 1.40. The monoisotopic (exact) mass is 240 g/mol. The molecule has 17 heavy (non-hydrogen) atoms. The molecular weight excluding hydrogens is 220 g/mol. The predicted molar refractivity (Wildman–Crippen MR) is 63.4 cm³/mol. The molecule has 0 aliphatic heterocycles. The molecular formula is C11H20N4O2. The van der Waals surface area contributed by atoms with Crippen molar-refractivity contribution in [3.05, 3.63) is 11.9 Å². The molecule has 0 bridgehead atoms. The summed E-state index contributed by atoms with van der Waals surface area (Å²) < 4.78 is 1.55. The van der Waals surface area contributed by atoms with E-state index < -0.39 is 0 Å². The van der Waals surface area contributed by atoms with Crippen LogP contribution in [-0.2, 0) is 11.2 Å². The van der Waals surface area contributed by atoms with E-state index in [0.29, 0.717) is 12.8 Å². The maximum atomic E-state index is 11.7. The average molecular weight is 240 g/mol. The Morgan fingerprint density at radius 1 is 1.53 bits per heavy atom.